The fourth-order valence-corrected chi connectivity index (χ4v) is 2.37. The van der Waals surface area contributed by atoms with E-state index in [1.54, 1.807) is 30.3 Å². The second kappa shape index (κ2) is 6.46. The topological polar surface area (TPSA) is 104 Å². The van der Waals surface area contributed by atoms with Gasteiger partial charge in [0.15, 0.2) is 0 Å². The minimum Gasteiger partial charge on any atom is -0.480 e. The Morgan fingerprint density at radius 2 is 1.89 bits per heavy atom. The van der Waals surface area contributed by atoms with Crippen molar-refractivity contribution in [2.45, 2.75) is 19.1 Å². The molecule has 0 heterocycles. The molecular weight excluding hydrogens is 270 g/mol. The third-order valence-electron chi connectivity index (χ3n) is 2.28. The van der Waals surface area contributed by atoms with Crippen LogP contribution in [0.4, 0.5) is 0 Å². The Kier molecular flexibility index (Phi) is 5.22. The summed E-state index contributed by atoms with van der Waals surface area (Å²) in [5.74, 6) is -1.44. The van der Waals surface area contributed by atoms with Crippen molar-refractivity contribution in [2.24, 2.45) is 0 Å². The lowest BCUT2D eigenvalue weighted by atomic mass is 10.2. The summed E-state index contributed by atoms with van der Waals surface area (Å²) in [7, 11) is -3.94. The van der Waals surface area contributed by atoms with Crippen molar-refractivity contribution in [3.8, 4) is 0 Å². The molecular formula is C12H15NO5S. The molecule has 0 fully saturated rings. The fraction of sp³-hybridized carbons (Fsp3) is 0.250. The molecule has 19 heavy (non-hydrogen) atoms. The summed E-state index contributed by atoms with van der Waals surface area (Å²) in [4.78, 5) is 10.8. The highest BCUT2D eigenvalue weighted by Crippen LogP contribution is 2.04. The lowest BCUT2D eigenvalue weighted by Crippen LogP contribution is -2.46. The van der Waals surface area contributed by atoms with Crippen molar-refractivity contribution in [2.75, 3.05) is 0 Å². The molecule has 2 atom stereocenters. The van der Waals surface area contributed by atoms with Crippen molar-refractivity contribution < 1.29 is 23.4 Å². The molecule has 0 saturated heterocycles. The van der Waals surface area contributed by atoms with Crippen LogP contribution in [0.25, 0.3) is 6.08 Å². The zero-order valence-corrected chi connectivity index (χ0v) is 11.0. The smallest absolute Gasteiger partial charge is 0.324 e. The van der Waals surface area contributed by atoms with Gasteiger partial charge in [0.25, 0.3) is 0 Å². The van der Waals surface area contributed by atoms with Crippen molar-refractivity contribution >= 4 is 22.1 Å². The number of rotatable bonds is 6. The van der Waals surface area contributed by atoms with E-state index >= 15 is 0 Å². The van der Waals surface area contributed by atoms with Gasteiger partial charge in [0.05, 0.1) is 6.10 Å². The van der Waals surface area contributed by atoms with Crippen LogP contribution in [0.15, 0.2) is 35.7 Å². The zero-order valence-electron chi connectivity index (χ0n) is 10.2. The van der Waals surface area contributed by atoms with Gasteiger partial charge in [-0.05, 0) is 18.6 Å². The predicted octanol–water partition coefficient (Wildman–Crippen LogP) is 0.411. The Bertz CT molecular complexity index is 551. The number of sulfonamides is 1. The van der Waals surface area contributed by atoms with Gasteiger partial charge in [-0.3, -0.25) is 4.79 Å². The van der Waals surface area contributed by atoms with Gasteiger partial charge in [0.2, 0.25) is 10.0 Å². The molecule has 0 radical (unpaired) electrons. The molecule has 104 valence electrons. The van der Waals surface area contributed by atoms with Crippen LogP contribution in [0.1, 0.15) is 12.5 Å². The van der Waals surface area contributed by atoms with Gasteiger partial charge in [0, 0.05) is 5.41 Å². The quantitative estimate of drug-likeness (QED) is 0.702. The van der Waals surface area contributed by atoms with Crippen molar-refractivity contribution in [3.63, 3.8) is 0 Å². The first-order valence-corrected chi connectivity index (χ1v) is 7.03. The van der Waals surface area contributed by atoms with Gasteiger partial charge >= 0.3 is 5.97 Å². The number of aliphatic hydroxyl groups excluding tert-OH is 1. The van der Waals surface area contributed by atoms with Gasteiger partial charge in [0.1, 0.15) is 6.04 Å². The van der Waals surface area contributed by atoms with E-state index in [-0.39, 0.29) is 0 Å². The molecule has 0 unspecified atom stereocenters. The molecule has 1 aromatic carbocycles. The summed E-state index contributed by atoms with van der Waals surface area (Å²) in [6.07, 6.45) is 0.000852. The minimum atomic E-state index is -3.94. The van der Waals surface area contributed by atoms with Crippen molar-refractivity contribution in [1.29, 1.82) is 0 Å². The van der Waals surface area contributed by atoms with Crippen LogP contribution >= 0.6 is 0 Å². The van der Waals surface area contributed by atoms with Crippen molar-refractivity contribution in [3.05, 3.63) is 41.3 Å². The predicted molar refractivity (Wildman–Crippen MR) is 70.6 cm³/mol. The fourth-order valence-electron chi connectivity index (χ4n) is 1.30. The number of hydrogen-bond donors (Lipinski definition) is 3. The number of carboxylic acids is 1. The van der Waals surface area contributed by atoms with E-state index in [2.05, 4.69) is 0 Å². The van der Waals surface area contributed by atoms with E-state index in [1.807, 2.05) is 4.72 Å². The average molecular weight is 285 g/mol. The highest BCUT2D eigenvalue weighted by Gasteiger charge is 2.26. The summed E-state index contributed by atoms with van der Waals surface area (Å²) >= 11 is 0. The Hall–Kier alpha value is -1.70. The van der Waals surface area contributed by atoms with Gasteiger partial charge in [-0.15, -0.1) is 0 Å². The van der Waals surface area contributed by atoms with Crippen LogP contribution in [-0.4, -0.2) is 36.7 Å². The Labute approximate surface area is 111 Å². The normalized spacial score (nSPS) is 15.3. The van der Waals surface area contributed by atoms with E-state index < -0.39 is 28.1 Å². The first-order chi connectivity index (χ1) is 8.82. The molecule has 1 aromatic rings. The largest absolute Gasteiger partial charge is 0.480 e. The number of benzene rings is 1. The van der Waals surface area contributed by atoms with Crippen LogP contribution in [0.2, 0.25) is 0 Å². The lowest BCUT2D eigenvalue weighted by Gasteiger charge is -2.15. The maximum absolute atomic E-state index is 11.7. The number of nitrogens with one attached hydrogen (secondary N) is 1. The summed E-state index contributed by atoms with van der Waals surface area (Å²) in [5, 5.41) is 18.8. The van der Waals surface area contributed by atoms with Gasteiger partial charge in [-0.25, -0.2) is 8.42 Å². The number of hydrogen-bond acceptors (Lipinski definition) is 4. The van der Waals surface area contributed by atoms with E-state index in [1.165, 1.54) is 13.0 Å². The van der Waals surface area contributed by atoms with E-state index in [0.717, 1.165) is 5.41 Å². The number of aliphatic hydroxyl groups is 1. The van der Waals surface area contributed by atoms with E-state index in [0.29, 0.717) is 5.56 Å². The molecule has 0 aliphatic heterocycles. The van der Waals surface area contributed by atoms with E-state index in [9.17, 15) is 18.3 Å². The lowest BCUT2D eigenvalue weighted by molar-refractivity contribution is -0.141. The van der Waals surface area contributed by atoms with Crippen LogP contribution in [0.3, 0.4) is 0 Å². The van der Waals surface area contributed by atoms with Crippen molar-refractivity contribution in [1.82, 2.24) is 4.72 Å². The zero-order chi connectivity index (χ0) is 14.5. The monoisotopic (exact) mass is 285 g/mol. The molecule has 7 heteroatoms. The molecule has 0 bridgehead atoms. The standard InChI is InChI=1S/C12H15NO5S/c1-9(14)11(12(15)16)13-19(17,18)8-7-10-5-3-2-4-6-10/h2-9,11,13-14H,1H3,(H,15,16)/b8-7+/t9-,11+/m0/s1. The van der Waals surface area contributed by atoms with Crippen LogP contribution in [0.5, 0.6) is 0 Å². The Morgan fingerprint density at radius 3 is 2.37 bits per heavy atom. The molecule has 0 aliphatic carbocycles. The Morgan fingerprint density at radius 1 is 1.32 bits per heavy atom. The molecule has 6 nitrogen and oxygen atoms in total. The van der Waals surface area contributed by atoms with Gasteiger partial charge in [-0.2, -0.15) is 4.72 Å². The highest BCUT2D eigenvalue weighted by molar-refractivity contribution is 7.92. The third kappa shape index (κ3) is 5.21. The summed E-state index contributed by atoms with van der Waals surface area (Å²) in [6, 6.07) is 7.11. The molecule has 0 saturated carbocycles. The SMILES string of the molecule is C[C@H](O)[C@@H](NS(=O)(=O)/C=C/c1ccccc1)C(=O)O. The highest BCUT2D eigenvalue weighted by atomic mass is 32.2. The molecule has 0 aliphatic rings. The first-order valence-electron chi connectivity index (χ1n) is 5.48. The second-order valence-electron chi connectivity index (χ2n) is 3.93. The molecule has 0 aromatic heterocycles. The first kappa shape index (κ1) is 15.4. The van der Waals surface area contributed by atoms with Crippen LogP contribution in [-0.2, 0) is 14.8 Å². The summed E-state index contributed by atoms with van der Waals surface area (Å²) in [5.41, 5.74) is 0.664. The molecule has 0 amide bonds. The third-order valence-corrected chi connectivity index (χ3v) is 3.36. The van der Waals surface area contributed by atoms with Crippen LogP contribution < -0.4 is 4.72 Å². The molecule has 1 rings (SSSR count). The Balaban J connectivity index is 2.82. The summed E-state index contributed by atoms with van der Waals surface area (Å²) < 4.78 is 25.2. The van der Waals surface area contributed by atoms with Crippen LogP contribution in [0, 0.1) is 0 Å². The molecule has 0 spiro atoms. The van der Waals surface area contributed by atoms with Gasteiger partial charge < -0.3 is 10.2 Å². The minimum absolute atomic E-state index is 0.664. The maximum Gasteiger partial charge on any atom is 0.324 e. The number of carboxylic acid groups (broad SMARTS) is 1. The summed E-state index contributed by atoms with van der Waals surface area (Å²) in [6.45, 7) is 1.20. The second-order valence-corrected chi connectivity index (χ2v) is 5.53. The van der Waals surface area contributed by atoms with Gasteiger partial charge in [-0.1, -0.05) is 30.3 Å². The molecule has 3 N–H and O–H groups in total. The maximum atomic E-state index is 11.7. The average Bonchev–Trinajstić information content (AvgIpc) is 2.34. The number of carbonyl (C=O) groups is 1. The number of aliphatic carboxylic acids is 1. The van der Waals surface area contributed by atoms with E-state index in [4.69, 9.17) is 5.11 Å².